The molecular formula is C16H24N2O3. The predicted molar refractivity (Wildman–Crippen MR) is 82.4 cm³/mol. The SMILES string of the molecule is CCOc1ccc(C(=O)CN(CC(N)=O)CC(C)C)cc1. The Hall–Kier alpha value is -1.88. The largest absolute Gasteiger partial charge is 0.494 e. The Kier molecular flexibility index (Phi) is 6.88. The van der Waals surface area contributed by atoms with Gasteiger partial charge in [0.1, 0.15) is 5.75 Å². The molecule has 0 atom stereocenters. The smallest absolute Gasteiger partial charge is 0.231 e. The van der Waals surface area contributed by atoms with Gasteiger partial charge in [-0.3, -0.25) is 14.5 Å². The van der Waals surface area contributed by atoms with Crippen LogP contribution in [0.3, 0.4) is 0 Å². The van der Waals surface area contributed by atoms with Crippen molar-refractivity contribution in [3.63, 3.8) is 0 Å². The Morgan fingerprint density at radius 1 is 1.19 bits per heavy atom. The fraction of sp³-hybridized carbons (Fsp3) is 0.500. The van der Waals surface area contributed by atoms with Crippen LogP contribution in [0.25, 0.3) is 0 Å². The highest BCUT2D eigenvalue weighted by Crippen LogP contribution is 2.13. The van der Waals surface area contributed by atoms with E-state index in [1.165, 1.54) is 0 Å². The molecular weight excluding hydrogens is 268 g/mol. The molecule has 1 aromatic carbocycles. The van der Waals surface area contributed by atoms with Gasteiger partial charge in [-0.1, -0.05) is 13.8 Å². The summed E-state index contributed by atoms with van der Waals surface area (Å²) in [6.45, 7) is 7.52. The molecule has 0 saturated heterocycles. The van der Waals surface area contributed by atoms with E-state index in [9.17, 15) is 9.59 Å². The molecule has 1 rings (SSSR count). The van der Waals surface area contributed by atoms with Gasteiger partial charge < -0.3 is 10.5 Å². The first-order chi connectivity index (χ1) is 9.92. The van der Waals surface area contributed by atoms with Crippen molar-refractivity contribution >= 4 is 11.7 Å². The number of nitrogens with zero attached hydrogens (tertiary/aromatic N) is 1. The summed E-state index contributed by atoms with van der Waals surface area (Å²) in [4.78, 5) is 25.1. The molecule has 0 heterocycles. The summed E-state index contributed by atoms with van der Waals surface area (Å²) >= 11 is 0. The van der Waals surface area contributed by atoms with Crippen LogP contribution in [0.1, 0.15) is 31.1 Å². The van der Waals surface area contributed by atoms with E-state index in [4.69, 9.17) is 10.5 Å². The molecule has 116 valence electrons. The lowest BCUT2D eigenvalue weighted by atomic mass is 10.1. The molecule has 0 aliphatic carbocycles. The number of rotatable bonds is 9. The molecule has 0 saturated carbocycles. The van der Waals surface area contributed by atoms with Crippen LogP contribution in [0.15, 0.2) is 24.3 Å². The second-order valence-corrected chi connectivity index (χ2v) is 5.41. The second-order valence-electron chi connectivity index (χ2n) is 5.41. The van der Waals surface area contributed by atoms with Crippen LogP contribution in [-0.4, -0.2) is 42.8 Å². The molecule has 0 bridgehead atoms. The molecule has 5 nitrogen and oxygen atoms in total. The maximum absolute atomic E-state index is 12.3. The zero-order valence-electron chi connectivity index (χ0n) is 13.0. The lowest BCUT2D eigenvalue weighted by Crippen LogP contribution is -2.39. The minimum absolute atomic E-state index is 0.0278. The van der Waals surface area contributed by atoms with Crippen LogP contribution >= 0.6 is 0 Å². The number of nitrogens with two attached hydrogens (primary N) is 1. The van der Waals surface area contributed by atoms with Gasteiger partial charge in [-0.05, 0) is 37.1 Å². The highest BCUT2D eigenvalue weighted by molar-refractivity contribution is 5.97. The number of Topliss-reactive ketones (excluding diaryl/α,β-unsaturated/α-hetero) is 1. The zero-order chi connectivity index (χ0) is 15.8. The molecule has 0 fully saturated rings. The first kappa shape index (κ1) is 17.2. The molecule has 1 amide bonds. The van der Waals surface area contributed by atoms with Crippen LogP contribution in [0, 0.1) is 5.92 Å². The monoisotopic (exact) mass is 292 g/mol. The van der Waals surface area contributed by atoms with Gasteiger partial charge in [0.15, 0.2) is 5.78 Å². The Morgan fingerprint density at radius 2 is 1.81 bits per heavy atom. The number of ether oxygens (including phenoxy) is 1. The average molecular weight is 292 g/mol. The first-order valence-electron chi connectivity index (χ1n) is 7.19. The van der Waals surface area contributed by atoms with E-state index in [2.05, 4.69) is 0 Å². The van der Waals surface area contributed by atoms with Crippen LogP contribution in [0.5, 0.6) is 5.75 Å². The van der Waals surface area contributed by atoms with Gasteiger partial charge in [0.05, 0.1) is 19.7 Å². The van der Waals surface area contributed by atoms with Gasteiger partial charge in [0.25, 0.3) is 0 Å². The van der Waals surface area contributed by atoms with Gasteiger partial charge in [-0.25, -0.2) is 0 Å². The fourth-order valence-electron chi connectivity index (χ4n) is 2.12. The molecule has 0 spiro atoms. The van der Waals surface area contributed by atoms with Crippen molar-refractivity contribution in [3.8, 4) is 5.75 Å². The number of carbonyl (C=O) groups is 2. The Balaban J connectivity index is 2.69. The van der Waals surface area contributed by atoms with Crippen molar-refractivity contribution < 1.29 is 14.3 Å². The normalized spacial score (nSPS) is 10.9. The van der Waals surface area contributed by atoms with Crippen molar-refractivity contribution in [1.29, 1.82) is 0 Å². The van der Waals surface area contributed by atoms with E-state index in [0.717, 1.165) is 5.75 Å². The van der Waals surface area contributed by atoms with Gasteiger partial charge in [-0.15, -0.1) is 0 Å². The van der Waals surface area contributed by atoms with E-state index < -0.39 is 5.91 Å². The third-order valence-corrected chi connectivity index (χ3v) is 2.86. The van der Waals surface area contributed by atoms with Gasteiger partial charge in [0.2, 0.25) is 5.91 Å². The van der Waals surface area contributed by atoms with Gasteiger partial charge in [0, 0.05) is 12.1 Å². The first-order valence-corrected chi connectivity index (χ1v) is 7.19. The number of primary amides is 1. The predicted octanol–water partition coefficient (Wildman–Crippen LogP) is 1.71. The van der Waals surface area contributed by atoms with E-state index in [0.29, 0.717) is 24.6 Å². The number of carbonyl (C=O) groups excluding carboxylic acids is 2. The summed E-state index contributed by atoms with van der Waals surface area (Å²) in [5, 5.41) is 0. The molecule has 0 aromatic heterocycles. The van der Waals surface area contributed by atoms with Crippen LogP contribution < -0.4 is 10.5 Å². The zero-order valence-corrected chi connectivity index (χ0v) is 13.0. The number of hydrogen-bond donors (Lipinski definition) is 1. The Bertz CT molecular complexity index is 469. The fourth-order valence-corrected chi connectivity index (χ4v) is 2.12. The summed E-state index contributed by atoms with van der Waals surface area (Å²) in [6, 6.07) is 7.03. The van der Waals surface area contributed by atoms with E-state index >= 15 is 0 Å². The van der Waals surface area contributed by atoms with E-state index in [1.807, 2.05) is 20.8 Å². The topological polar surface area (TPSA) is 72.6 Å². The second kappa shape index (κ2) is 8.42. The molecule has 21 heavy (non-hydrogen) atoms. The van der Waals surface area contributed by atoms with E-state index in [-0.39, 0.29) is 18.9 Å². The lowest BCUT2D eigenvalue weighted by Gasteiger charge is -2.21. The van der Waals surface area contributed by atoms with Crippen molar-refractivity contribution in [2.45, 2.75) is 20.8 Å². The molecule has 5 heteroatoms. The minimum Gasteiger partial charge on any atom is -0.494 e. The summed E-state index contributed by atoms with van der Waals surface area (Å²) in [5.74, 6) is 0.651. The average Bonchev–Trinajstić information content (AvgIpc) is 2.38. The Labute approximate surface area is 126 Å². The summed E-state index contributed by atoms with van der Waals surface area (Å²) in [6.07, 6.45) is 0. The molecule has 1 aromatic rings. The molecule has 0 aliphatic heterocycles. The standard InChI is InChI=1S/C16H24N2O3/c1-4-21-14-7-5-13(6-8-14)15(19)10-18(9-12(2)3)11-16(17)20/h5-8,12H,4,9-11H2,1-3H3,(H2,17,20). The number of ketones is 1. The van der Waals surface area contributed by atoms with Crippen molar-refractivity contribution in [1.82, 2.24) is 4.90 Å². The number of amides is 1. The van der Waals surface area contributed by atoms with Crippen LogP contribution in [0.2, 0.25) is 0 Å². The van der Waals surface area contributed by atoms with Crippen molar-refractivity contribution in [2.75, 3.05) is 26.2 Å². The summed E-state index contributed by atoms with van der Waals surface area (Å²) in [7, 11) is 0. The summed E-state index contributed by atoms with van der Waals surface area (Å²) in [5.41, 5.74) is 5.84. The van der Waals surface area contributed by atoms with Crippen molar-refractivity contribution in [2.24, 2.45) is 11.7 Å². The maximum atomic E-state index is 12.3. The number of hydrogen-bond acceptors (Lipinski definition) is 4. The van der Waals surface area contributed by atoms with Gasteiger partial charge in [-0.2, -0.15) is 0 Å². The highest BCUT2D eigenvalue weighted by atomic mass is 16.5. The molecule has 0 unspecified atom stereocenters. The minimum atomic E-state index is -0.421. The van der Waals surface area contributed by atoms with Gasteiger partial charge >= 0.3 is 0 Å². The lowest BCUT2D eigenvalue weighted by molar-refractivity contribution is -0.119. The van der Waals surface area contributed by atoms with Crippen LogP contribution in [-0.2, 0) is 4.79 Å². The quantitative estimate of drug-likeness (QED) is 0.703. The molecule has 0 aliphatic rings. The third-order valence-electron chi connectivity index (χ3n) is 2.86. The molecule has 0 radical (unpaired) electrons. The third kappa shape index (κ3) is 6.40. The number of benzene rings is 1. The highest BCUT2D eigenvalue weighted by Gasteiger charge is 2.15. The van der Waals surface area contributed by atoms with Crippen LogP contribution in [0.4, 0.5) is 0 Å². The molecule has 2 N–H and O–H groups in total. The van der Waals surface area contributed by atoms with Crippen molar-refractivity contribution in [3.05, 3.63) is 29.8 Å². The maximum Gasteiger partial charge on any atom is 0.231 e. The van der Waals surface area contributed by atoms with E-state index in [1.54, 1.807) is 29.2 Å². The Morgan fingerprint density at radius 3 is 2.29 bits per heavy atom. The summed E-state index contributed by atoms with van der Waals surface area (Å²) < 4.78 is 5.34.